The van der Waals surface area contributed by atoms with Gasteiger partial charge in [0.25, 0.3) is 5.91 Å². The van der Waals surface area contributed by atoms with E-state index in [4.69, 9.17) is 0 Å². The number of nitrogens with zero attached hydrogens (tertiary/aromatic N) is 2. The number of aromatic nitrogens is 2. The Morgan fingerprint density at radius 1 is 1.11 bits per heavy atom. The first kappa shape index (κ1) is 26.2. The van der Waals surface area contributed by atoms with Crippen LogP contribution in [0.15, 0.2) is 42.6 Å². The zero-order valence-electron chi connectivity index (χ0n) is 19.9. The van der Waals surface area contributed by atoms with Crippen LogP contribution in [0, 0.1) is 12.8 Å². The molecule has 1 unspecified atom stereocenters. The molecule has 0 aliphatic carbocycles. The van der Waals surface area contributed by atoms with Gasteiger partial charge >= 0.3 is 6.18 Å². The highest BCUT2D eigenvalue weighted by Gasteiger charge is 2.28. The number of aryl methyl sites for hydroxylation is 1. The number of Topliss-reactive ketones (excluding diaryl/α,β-unsaturated/α-hetero) is 1. The number of halogens is 3. The van der Waals surface area contributed by atoms with Crippen LogP contribution < -0.4 is 5.32 Å². The van der Waals surface area contributed by atoms with E-state index in [-0.39, 0.29) is 17.3 Å². The van der Waals surface area contributed by atoms with Crippen LogP contribution >= 0.6 is 0 Å². The van der Waals surface area contributed by atoms with E-state index < -0.39 is 24.4 Å². The van der Waals surface area contributed by atoms with Crippen LogP contribution in [0.5, 0.6) is 5.75 Å². The van der Waals surface area contributed by atoms with Gasteiger partial charge in [0.2, 0.25) is 0 Å². The number of ketones is 1. The Kier molecular flexibility index (Phi) is 8.53. The summed E-state index contributed by atoms with van der Waals surface area (Å²) in [6.45, 7) is 3.15. The molecule has 0 spiro atoms. The molecule has 0 fully saturated rings. The second-order valence-corrected chi connectivity index (χ2v) is 8.88. The molecule has 2 N–H and O–H groups in total. The van der Waals surface area contributed by atoms with Gasteiger partial charge in [-0.1, -0.05) is 43.2 Å². The van der Waals surface area contributed by atoms with Gasteiger partial charge < -0.3 is 10.4 Å². The van der Waals surface area contributed by atoms with Crippen molar-refractivity contribution in [3.63, 3.8) is 0 Å². The Balaban J connectivity index is 1.64. The maximum atomic E-state index is 12.5. The number of benzene rings is 2. The lowest BCUT2D eigenvalue weighted by Gasteiger charge is -2.16. The predicted octanol–water partition coefficient (Wildman–Crippen LogP) is 5.81. The van der Waals surface area contributed by atoms with Crippen molar-refractivity contribution in [1.29, 1.82) is 0 Å². The number of rotatable bonds is 11. The quantitative estimate of drug-likeness (QED) is 0.333. The summed E-state index contributed by atoms with van der Waals surface area (Å²) in [7, 11) is 0. The van der Waals surface area contributed by atoms with Crippen LogP contribution in [0.3, 0.4) is 0 Å². The smallest absolute Gasteiger partial charge is 0.405 e. The SMILES string of the molecule is CCCC(CCCC(=O)c1ccc(C)cc1)Cn1cc2c(O)c(C(=O)NCC(F)(F)F)ccc2n1. The van der Waals surface area contributed by atoms with Crippen molar-refractivity contribution in [3.8, 4) is 5.75 Å². The summed E-state index contributed by atoms with van der Waals surface area (Å²) < 4.78 is 38.9. The fourth-order valence-electron chi connectivity index (χ4n) is 4.12. The second-order valence-electron chi connectivity index (χ2n) is 8.88. The molecule has 0 bridgehead atoms. The minimum absolute atomic E-state index is 0.117. The van der Waals surface area contributed by atoms with Crippen molar-refractivity contribution in [1.82, 2.24) is 15.1 Å². The van der Waals surface area contributed by atoms with E-state index in [1.807, 2.05) is 31.2 Å². The van der Waals surface area contributed by atoms with Gasteiger partial charge in [-0.15, -0.1) is 0 Å². The lowest BCUT2D eigenvalue weighted by molar-refractivity contribution is -0.123. The highest BCUT2D eigenvalue weighted by atomic mass is 19.4. The number of carbonyl (C=O) groups excluding carboxylic acids is 2. The Morgan fingerprint density at radius 3 is 2.49 bits per heavy atom. The molecular formula is C26H30F3N3O3. The average molecular weight is 490 g/mol. The first-order chi connectivity index (χ1) is 16.6. The Hall–Kier alpha value is -3.36. The summed E-state index contributed by atoms with van der Waals surface area (Å²) in [5, 5.41) is 17.0. The number of carbonyl (C=O) groups is 2. The van der Waals surface area contributed by atoms with Gasteiger partial charge in [0.1, 0.15) is 12.3 Å². The number of aromatic hydroxyl groups is 1. The van der Waals surface area contributed by atoms with Crippen LogP contribution in [0.4, 0.5) is 13.2 Å². The van der Waals surface area contributed by atoms with Gasteiger partial charge in [0, 0.05) is 24.7 Å². The van der Waals surface area contributed by atoms with Crippen molar-refractivity contribution in [2.24, 2.45) is 5.92 Å². The number of fused-ring (bicyclic) bond motifs is 1. The van der Waals surface area contributed by atoms with E-state index in [2.05, 4.69) is 12.0 Å². The summed E-state index contributed by atoms with van der Waals surface area (Å²) in [6, 6.07) is 10.3. The maximum Gasteiger partial charge on any atom is 0.405 e. The first-order valence-electron chi connectivity index (χ1n) is 11.7. The third-order valence-corrected chi connectivity index (χ3v) is 5.93. The summed E-state index contributed by atoms with van der Waals surface area (Å²) in [5.41, 5.74) is 2.03. The van der Waals surface area contributed by atoms with Crippen LogP contribution in [-0.4, -0.2) is 39.3 Å². The Bertz CT molecular complexity index is 1170. The summed E-state index contributed by atoms with van der Waals surface area (Å²) in [5.74, 6) is -1.02. The minimum Gasteiger partial charge on any atom is -0.506 e. The minimum atomic E-state index is -4.54. The second kappa shape index (κ2) is 11.4. The molecule has 0 saturated carbocycles. The fourth-order valence-corrected chi connectivity index (χ4v) is 4.12. The largest absolute Gasteiger partial charge is 0.506 e. The van der Waals surface area contributed by atoms with Crippen molar-refractivity contribution >= 4 is 22.6 Å². The van der Waals surface area contributed by atoms with Crippen molar-refractivity contribution in [2.45, 2.75) is 58.7 Å². The Labute approximate surface area is 202 Å². The van der Waals surface area contributed by atoms with E-state index in [0.717, 1.165) is 31.2 Å². The lowest BCUT2D eigenvalue weighted by atomic mass is 9.95. The molecular weight excluding hydrogens is 459 g/mol. The third-order valence-electron chi connectivity index (χ3n) is 5.93. The predicted molar refractivity (Wildman–Crippen MR) is 128 cm³/mol. The number of phenols is 1. The van der Waals surface area contributed by atoms with Crippen LogP contribution in [-0.2, 0) is 6.54 Å². The molecule has 0 radical (unpaired) electrons. The molecule has 1 atom stereocenters. The molecule has 3 rings (SSSR count). The molecule has 0 aliphatic heterocycles. The molecule has 1 amide bonds. The summed E-state index contributed by atoms with van der Waals surface area (Å²) >= 11 is 0. The van der Waals surface area contributed by atoms with Crippen molar-refractivity contribution in [3.05, 3.63) is 59.3 Å². The van der Waals surface area contributed by atoms with Crippen LogP contribution in [0.25, 0.3) is 10.9 Å². The number of hydrogen-bond acceptors (Lipinski definition) is 4. The van der Waals surface area contributed by atoms with Crippen molar-refractivity contribution < 1.29 is 27.9 Å². The highest BCUT2D eigenvalue weighted by molar-refractivity contribution is 6.02. The van der Waals surface area contributed by atoms with Gasteiger partial charge in [-0.25, -0.2) is 0 Å². The highest BCUT2D eigenvalue weighted by Crippen LogP contribution is 2.29. The van der Waals surface area contributed by atoms with Gasteiger partial charge in [-0.05, 0) is 44.2 Å². The van der Waals surface area contributed by atoms with E-state index >= 15 is 0 Å². The zero-order chi connectivity index (χ0) is 25.6. The van der Waals surface area contributed by atoms with Gasteiger partial charge in [0.15, 0.2) is 5.78 Å². The number of hydrogen-bond donors (Lipinski definition) is 2. The number of amides is 1. The molecule has 0 aliphatic rings. The van der Waals surface area contributed by atoms with Crippen LogP contribution in [0.1, 0.15) is 65.3 Å². The van der Waals surface area contributed by atoms with Gasteiger partial charge in [0.05, 0.1) is 16.5 Å². The van der Waals surface area contributed by atoms with Gasteiger partial charge in [-0.3, -0.25) is 14.3 Å². The lowest BCUT2D eigenvalue weighted by Crippen LogP contribution is -2.33. The zero-order valence-corrected chi connectivity index (χ0v) is 19.9. The molecule has 3 aromatic rings. The number of nitrogens with one attached hydrogen (secondary N) is 1. The van der Waals surface area contributed by atoms with Crippen LogP contribution in [0.2, 0.25) is 0 Å². The molecule has 1 aromatic heterocycles. The van der Waals surface area contributed by atoms with Crippen molar-refractivity contribution in [2.75, 3.05) is 6.54 Å². The maximum absolute atomic E-state index is 12.5. The Morgan fingerprint density at radius 2 is 1.83 bits per heavy atom. The molecule has 35 heavy (non-hydrogen) atoms. The van der Waals surface area contributed by atoms with E-state index in [1.54, 1.807) is 16.2 Å². The van der Waals surface area contributed by atoms with E-state index in [1.165, 1.54) is 12.1 Å². The summed E-state index contributed by atoms with van der Waals surface area (Å²) in [6.07, 6.45) is 0.996. The number of alkyl halides is 3. The molecule has 6 nitrogen and oxygen atoms in total. The topological polar surface area (TPSA) is 84.2 Å². The normalized spacial score (nSPS) is 12.6. The average Bonchev–Trinajstić information content (AvgIpc) is 3.21. The van der Waals surface area contributed by atoms with E-state index in [0.29, 0.717) is 29.4 Å². The van der Waals surface area contributed by atoms with E-state index in [9.17, 15) is 27.9 Å². The molecule has 2 aromatic carbocycles. The number of phenolic OH excluding ortho intramolecular Hbond substituents is 1. The first-order valence-corrected chi connectivity index (χ1v) is 11.7. The molecule has 0 saturated heterocycles. The third kappa shape index (κ3) is 7.31. The fraction of sp³-hybridized carbons (Fsp3) is 0.423. The molecule has 1 heterocycles. The standard InChI is InChI=1S/C26H30F3N3O3/c1-3-5-18(6-4-7-23(33)19-10-8-17(2)9-11-19)14-32-15-21-22(31-32)13-12-20(24(21)34)25(35)30-16-26(27,28)29/h8-13,15,18,34H,3-7,14,16H2,1-2H3,(H,30,35). The monoisotopic (exact) mass is 489 g/mol. The molecule has 188 valence electrons. The summed E-state index contributed by atoms with van der Waals surface area (Å²) in [4.78, 5) is 24.5. The molecule has 9 heteroatoms. The van der Waals surface area contributed by atoms with Gasteiger partial charge in [-0.2, -0.15) is 18.3 Å².